The first-order valence-corrected chi connectivity index (χ1v) is 12.2. The van der Waals surface area contributed by atoms with Crippen LogP contribution in [-0.2, 0) is 23.2 Å². The summed E-state index contributed by atoms with van der Waals surface area (Å²) in [6.07, 6.45) is 0.408. The van der Waals surface area contributed by atoms with Crippen LogP contribution in [0.4, 0.5) is 9.18 Å². The highest BCUT2D eigenvalue weighted by molar-refractivity contribution is 6.30. The maximum absolute atomic E-state index is 15.3. The number of nitriles is 2. The zero-order valence-corrected chi connectivity index (χ0v) is 22.3. The van der Waals surface area contributed by atoms with E-state index in [2.05, 4.69) is 20.3 Å². The molecule has 1 unspecified atom stereocenters. The van der Waals surface area contributed by atoms with Crippen molar-refractivity contribution in [2.24, 2.45) is 4.99 Å². The van der Waals surface area contributed by atoms with Crippen LogP contribution < -0.4 is 5.32 Å². The third kappa shape index (κ3) is 5.79. The lowest BCUT2D eigenvalue weighted by atomic mass is 9.88. The molecule has 0 saturated heterocycles. The zero-order chi connectivity index (χ0) is 28.5. The number of aliphatic imine (C=N–C) groups is 1. The van der Waals surface area contributed by atoms with Crippen molar-refractivity contribution in [3.8, 4) is 12.1 Å². The largest absolute Gasteiger partial charge is 0.444 e. The molecule has 1 amide bonds. The van der Waals surface area contributed by atoms with Crippen molar-refractivity contribution < 1.29 is 18.7 Å². The molecule has 0 radical (unpaired) electrons. The number of imidazole rings is 1. The Morgan fingerprint density at radius 2 is 1.97 bits per heavy atom. The Labute approximate surface area is 228 Å². The molecule has 10 nitrogen and oxygen atoms in total. The van der Waals surface area contributed by atoms with Gasteiger partial charge >= 0.3 is 6.09 Å². The number of ketones is 1. The van der Waals surface area contributed by atoms with Crippen molar-refractivity contribution in [3.05, 3.63) is 81.4 Å². The second-order valence-electron chi connectivity index (χ2n) is 10.1. The van der Waals surface area contributed by atoms with Crippen LogP contribution in [0, 0.1) is 28.5 Å². The molecule has 0 fully saturated rings. The van der Waals surface area contributed by atoms with Gasteiger partial charge in [0.2, 0.25) is 0 Å². The van der Waals surface area contributed by atoms with E-state index < -0.39 is 23.1 Å². The number of hydrogen-bond donors (Lipinski definition) is 1. The van der Waals surface area contributed by atoms with Gasteiger partial charge in [-0.05, 0) is 57.5 Å². The molecule has 0 spiro atoms. The van der Waals surface area contributed by atoms with Crippen LogP contribution in [0.2, 0.25) is 5.15 Å². The fourth-order valence-electron chi connectivity index (χ4n) is 4.13. The molecule has 1 N–H and O–H groups in total. The number of ether oxygens (including phenoxy) is 1. The predicted molar refractivity (Wildman–Crippen MR) is 139 cm³/mol. The number of alkyl carbamates (subject to hydrolysis) is 1. The number of amidine groups is 1. The Morgan fingerprint density at radius 3 is 2.59 bits per heavy atom. The van der Waals surface area contributed by atoms with E-state index in [9.17, 15) is 14.9 Å². The summed E-state index contributed by atoms with van der Waals surface area (Å²) in [5, 5.41) is 21.1. The summed E-state index contributed by atoms with van der Waals surface area (Å²) < 4.78 is 22.1. The molecule has 0 saturated carbocycles. The zero-order valence-electron chi connectivity index (χ0n) is 21.5. The Balaban J connectivity index is 1.73. The molecule has 0 aliphatic carbocycles. The van der Waals surface area contributed by atoms with Crippen molar-refractivity contribution in [2.75, 3.05) is 0 Å². The summed E-state index contributed by atoms with van der Waals surface area (Å²) in [6, 6.07) is 11.1. The Bertz CT molecular complexity index is 1590. The van der Waals surface area contributed by atoms with Crippen LogP contribution in [0.1, 0.15) is 66.4 Å². The number of fused-ring (bicyclic) bond motifs is 1. The summed E-state index contributed by atoms with van der Waals surface area (Å²) in [7, 11) is 0. The molecule has 1 aromatic carbocycles. The van der Waals surface area contributed by atoms with Crippen molar-refractivity contribution in [3.63, 3.8) is 0 Å². The average Bonchev–Trinajstić information content (AvgIpc) is 3.18. The number of rotatable bonds is 4. The molecular weight excluding hydrogens is 525 g/mol. The minimum absolute atomic E-state index is 0.0179. The number of nitrogens with zero attached hydrogens (tertiary/aromatic N) is 6. The molecule has 198 valence electrons. The number of Topliss-reactive ketones (excluding diaryl/α,β-unsaturated/α-hetero) is 1. The van der Waals surface area contributed by atoms with Crippen molar-refractivity contribution in [2.45, 2.75) is 51.8 Å². The summed E-state index contributed by atoms with van der Waals surface area (Å²) in [5.74, 6) is -0.849. The molecular formula is C27H23ClFN7O3. The van der Waals surface area contributed by atoms with Gasteiger partial charge in [-0.1, -0.05) is 17.7 Å². The maximum atomic E-state index is 15.3. The number of nitrogens with one attached hydrogen (secondary N) is 1. The van der Waals surface area contributed by atoms with Crippen LogP contribution in [-0.4, -0.2) is 37.8 Å². The molecule has 39 heavy (non-hydrogen) atoms. The van der Waals surface area contributed by atoms with Crippen LogP contribution in [0.15, 0.2) is 41.5 Å². The monoisotopic (exact) mass is 547 g/mol. The number of carbonyl (C=O) groups is 2. The highest BCUT2D eigenvalue weighted by atomic mass is 35.5. The fraction of sp³-hybridized carbons (Fsp3) is 0.296. The third-order valence-corrected chi connectivity index (χ3v) is 6.10. The Kier molecular flexibility index (Phi) is 7.23. The lowest BCUT2D eigenvalue weighted by Crippen LogP contribution is -2.44. The number of halogens is 2. The number of aromatic nitrogens is 3. The maximum Gasteiger partial charge on any atom is 0.413 e. The minimum Gasteiger partial charge on any atom is -0.444 e. The van der Waals surface area contributed by atoms with Gasteiger partial charge in [0, 0.05) is 18.2 Å². The van der Waals surface area contributed by atoms with Crippen LogP contribution in [0.3, 0.4) is 0 Å². The number of carbonyl (C=O) groups excluding carboxylic acids is 2. The first-order valence-electron chi connectivity index (χ1n) is 11.8. The summed E-state index contributed by atoms with van der Waals surface area (Å²) in [5.41, 5.74) is -0.992. The molecule has 0 bridgehead atoms. The van der Waals surface area contributed by atoms with E-state index in [0.717, 1.165) is 0 Å². The van der Waals surface area contributed by atoms with Gasteiger partial charge < -0.3 is 9.30 Å². The van der Waals surface area contributed by atoms with Gasteiger partial charge in [0.1, 0.15) is 34.8 Å². The Morgan fingerprint density at radius 1 is 1.23 bits per heavy atom. The van der Waals surface area contributed by atoms with Crippen molar-refractivity contribution >= 4 is 29.3 Å². The molecule has 1 atom stereocenters. The quantitative estimate of drug-likeness (QED) is 0.475. The van der Waals surface area contributed by atoms with Gasteiger partial charge in [0.05, 0.1) is 12.1 Å². The standard InChI is InChI=1S/C27H23ClFN7O3/c1-26(2,3)39-25(38)34-23-24-33-22(28)20(12-31)36(24)14-27(4,35-23)17-9-15(5-7-18(17)29)10-21(37)19-8-6-16(11-30)13-32-19/h5-9,13H,10,14H2,1-4H3,(H,34,35,38). The van der Waals surface area contributed by atoms with Gasteiger partial charge in [0.15, 0.2) is 28.3 Å². The third-order valence-electron chi connectivity index (χ3n) is 5.84. The van der Waals surface area contributed by atoms with Gasteiger partial charge in [-0.3, -0.25) is 20.1 Å². The fourth-order valence-corrected chi connectivity index (χ4v) is 4.35. The van der Waals surface area contributed by atoms with Gasteiger partial charge in [-0.25, -0.2) is 14.2 Å². The molecule has 12 heteroatoms. The van der Waals surface area contributed by atoms with Gasteiger partial charge in [-0.2, -0.15) is 10.5 Å². The van der Waals surface area contributed by atoms with Crippen LogP contribution in [0.5, 0.6) is 0 Å². The highest BCUT2D eigenvalue weighted by Crippen LogP contribution is 2.36. The lowest BCUT2D eigenvalue weighted by Gasteiger charge is -2.33. The molecule has 1 aliphatic rings. The predicted octanol–water partition coefficient (Wildman–Crippen LogP) is 4.44. The topological polar surface area (TPSA) is 146 Å². The summed E-state index contributed by atoms with van der Waals surface area (Å²) in [4.78, 5) is 38.2. The van der Waals surface area contributed by atoms with Crippen LogP contribution in [0.25, 0.3) is 0 Å². The molecule has 1 aliphatic heterocycles. The Hall–Kier alpha value is -4.61. The molecule has 4 rings (SSSR count). The molecule has 3 heterocycles. The lowest BCUT2D eigenvalue weighted by molar-refractivity contribution is 0.0562. The summed E-state index contributed by atoms with van der Waals surface area (Å²) in [6.45, 7) is 6.70. The number of hydrogen-bond acceptors (Lipinski definition) is 8. The van der Waals surface area contributed by atoms with Gasteiger partial charge in [-0.15, -0.1) is 0 Å². The van der Waals surface area contributed by atoms with Crippen LogP contribution >= 0.6 is 11.6 Å². The smallest absolute Gasteiger partial charge is 0.413 e. The second-order valence-corrected chi connectivity index (χ2v) is 10.5. The van der Waals surface area contributed by atoms with E-state index >= 15 is 4.39 Å². The first-order chi connectivity index (χ1) is 18.3. The van der Waals surface area contributed by atoms with E-state index in [1.807, 2.05) is 12.1 Å². The number of pyridine rings is 1. The normalized spacial score (nSPS) is 16.4. The van der Waals surface area contributed by atoms with E-state index in [0.29, 0.717) is 11.1 Å². The second kappa shape index (κ2) is 10.3. The molecule has 2 aromatic heterocycles. The number of amides is 1. The van der Waals surface area contributed by atoms with E-state index in [1.54, 1.807) is 27.7 Å². The average molecular weight is 548 g/mol. The van der Waals surface area contributed by atoms with Crippen molar-refractivity contribution in [1.29, 1.82) is 10.5 Å². The van der Waals surface area contributed by atoms with E-state index in [-0.39, 0.29) is 52.5 Å². The first kappa shape index (κ1) is 27.4. The SMILES string of the molecule is CC(C)(C)OC(=O)NC1=NC(C)(c2cc(CC(=O)c3ccc(C#N)cn3)ccc2F)Cn2c1nc(Cl)c2C#N. The summed E-state index contributed by atoms with van der Waals surface area (Å²) >= 11 is 6.19. The van der Waals surface area contributed by atoms with E-state index in [4.69, 9.17) is 21.6 Å². The molecule has 3 aromatic rings. The minimum atomic E-state index is -1.33. The van der Waals surface area contributed by atoms with E-state index in [1.165, 1.54) is 41.1 Å². The number of benzene rings is 1. The van der Waals surface area contributed by atoms with Crippen molar-refractivity contribution in [1.82, 2.24) is 19.9 Å². The van der Waals surface area contributed by atoms with Gasteiger partial charge in [0.25, 0.3) is 0 Å². The highest BCUT2D eigenvalue weighted by Gasteiger charge is 2.39.